The van der Waals surface area contributed by atoms with E-state index in [1.807, 2.05) is 0 Å². The van der Waals surface area contributed by atoms with Crippen LogP contribution < -0.4 is 0 Å². The zero-order chi connectivity index (χ0) is 17.0. The van der Waals surface area contributed by atoms with E-state index < -0.39 is 16.0 Å². The second-order valence-corrected chi connectivity index (χ2v) is 7.26. The van der Waals surface area contributed by atoms with Gasteiger partial charge in [-0.3, -0.25) is 0 Å². The van der Waals surface area contributed by atoms with Crippen molar-refractivity contribution in [3.8, 4) is 0 Å². The number of carbonyl (C=O) groups is 1. The number of nitrogens with zero attached hydrogens (tertiary/aromatic N) is 1. The molecule has 2 aromatic rings. The Balaban J connectivity index is 2.39. The largest absolute Gasteiger partial charge is 0.465 e. The summed E-state index contributed by atoms with van der Waals surface area (Å²) in [4.78, 5) is 11.7. The highest BCUT2D eigenvalue weighted by Crippen LogP contribution is 2.23. The van der Waals surface area contributed by atoms with E-state index in [9.17, 15) is 13.2 Å². The van der Waals surface area contributed by atoms with Gasteiger partial charge in [-0.15, -0.1) is 0 Å². The summed E-state index contributed by atoms with van der Waals surface area (Å²) in [6.07, 6.45) is 0. The van der Waals surface area contributed by atoms with Gasteiger partial charge in [0.1, 0.15) is 0 Å². The molecule has 0 aliphatic heterocycles. The first-order valence-electron chi connectivity index (χ1n) is 6.75. The molecule has 0 saturated carbocycles. The monoisotopic (exact) mass is 353 g/mol. The van der Waals surface area contributed by atoms with Crippen molar-refractivity contribution in [1.29, 1.82) is 0 Å². The Kier molecular flexibility index (Phi) is 5.41. The molecule has 0 unspecified atom stereocenters. The summed E-state index contributed by atoms with van der Waals surface area (Å²) in [5.41, 5.74) is 0.678. The van der Waals surface area contributed by atoms with Crippen molar-refractivity contribution >= 4 is 27.6 Å². The summed E-state index contributed by atoms with van der Waals surface area (Å²) in [5, 5.41) is 0.482. The molecule has 0 spiro atoms. The Labute approximate surface area is 140 Å². The Hall–Kier alpha value is -1.89. The third kappa shape index (κ3) is 3.72. The lowest BCUT2D eigenvalue weighted by Gasteiger charge is -2.19. The zero-order valence-electron chi connectivity index (χ0n) is 12.7. The van der Waals surface area contributed by atoms with E-state index >= 15 is 0 Å². The highest BCUT2D eigenvalue weighted by atomic mass is 35.5. The van der Waals surface area contributed by atoms with Crippen LogP contribution in [0.2, 0.25) is 5.02 Å². The van der Waals surface area contributed by atoms with E-state index in [1.165, 1.54) is 26.3 Å². The van der Waals surface area contributed by atoms with Gasteiger partial charge >= 0.3 is 5.97 Å². The van der Waals surface area contributed by atoms with Crippen molar-refractivity contribution < 1.29 is 17.9 Å². The first-order valence-corrected chi connectivity index (χ1v) is 8.57. The number of esters is 1. The third-order valence-corrected chi connectivity index (χ3v) is 5.56. The van der Waals surface area contributed by atoms with Gasteiger partial charge in [0.2, 0.25) is 10.0 Å². The minimum Gasteiger partial charge on any atom is -0.465 e. The van der Waals surface area contributed by atoms with Gasteiger partial charge < -0.3 is 4.74 Å². The van der Waals surface area contributed by atoms with E-state index in [4.69, 9.17) is 11.6 Å². The lowest BCUT2D eigenvalue weighted by Crippen LogP contribution is -2.28. The number of hydrogen-bond donors (Lipinski definition) is 0. The maximum absolute atomic E-state index is 12.8. The molecule has 0 aromatic heterocycles. The average Bonchev–Trinajstić information content (AvgIpc) is 2.56. The number of ether oxygens (including phenoxy) is 1. The standard InChI is InChI=1S/C16H16ClNO4S/c1-18(11-12-7-3-5-9-14(12)17)23(20,21)15-10-6-4-8-13(15)16(19)22-2/h3-10H,11H2,1-2H3. The highest BCUT2D eigenvalue weighted by molar-refractivity contribution is 7.89. The topological polar surface area (TPSA) is 63.7 Å². The molecule has 0 radical (unpaired) electrons. The van der Waals surface area contributed by atoms with Crippen LogP contribution in [0.1, 0.15) is 15.9 Å². The maximum Gasteiger partial charge on any atom is 0.339 e. The van der Waals surface area contributed by atoms with Crippen LogP contribution in [0.15, 0.2) is 53.4 Å². The lowest BCUT2D eigenvalue weighted by molar-refractivity contribution is 0.0596. The molecular weight excluding hydrogens is 338 g/mol. The van der Waals surface area contributed by atoms with Crippen LogP contribution in [-0.4, -0.2) is 32.8 Å². The number of rotatable bonds is 5. The van der Waals surface area contributed by atoms with Gasteiger partial charge in [0.25, 0.3) is 0 Å². The summed E-state index contributed by atoms with van der Waals surface area (Å²) in [6, 6.07) is 12.9. The summed E-state index contributed by atoms with van der Waals surface area (Å²) in [7, 11) is -1.22. The molecule has 7 heteroatoms. The molecule has 2 rings (SSSR count). The first kappa shape index (κ1) is 17.5. The third-order valence-electron chi connectivity index (χ3n) is 3.33. The molecule has 0 atom stereocenters. The fraction of sp³-hybridized carbons (Fsp3) is 0.188. The Morgan fingerprint density at radius 3 is 2.39 bits per heavy atom. The second kappa shape index (κ2) is 7.12. The fourth-order valence-electron chi connectivity index (χ4n) is 2.09. The molecule has 5 nitrogen and oxygen atoms in total. The molecule has 0 saturated heterocycles. The van der Waals surface area contributed by atoms with Crippen LogP contribution in [0, 0.1) is 0 Å². The number of halogens is 1. The van der Waals surface area contributed by atoms with E-state index in [2.05, 4.69) is 4.74 Å². The molecule has 0 aliphatic carbocycles. The van der Waals surface area contributed by atoms with Gasteiger partial charge in [-0.2, -0.15) is 4.31 Å². The number of hydrogen-bond acceptors (Lipinski definition) is 4. The number of sulfonamides is 1. The SMILES string of the molecule is COC(=O)c1ccccc1S(=O)(=O)N(C)Cc1ccccc1Cl. The van der Waals surface area contributed by atoms with Crippen molar-refractivity contribution in [2.75, 3.05) is 14.2 Å². The summed E-state index contributed by atoms with van der Waals surface area (Å²) >= 11 is 6.07. The molecule has 23 heavy (non-hydrogen) atoms. The molecular formula is C16H16ClNO4S. The lowest BCUT2D eigenvalue weighted by atomic mass is 10.2. The number of carbonyl (C=O) groups excluding carboxylic acids is 1. The first-order chi connectivity index (χ1) is 10.9. The van der Waals surface area contributed by atoms with Crippen molar-refractivity contribution in [3.05, 3.63) is 64.7 Å². The number of methoxy groups -OCH3 is 1. The normalized spacial score (nSPS) is 11.5. The average molecular weight is 354 g/mol. The molecule has 0 aliphatic rings. The molecule has 0 N–H and O–H groups in total. The van der Waals surface area contributed by atoms with Crippen LogP contribution in [0.5, 0.6) is 0 Å². The van der Waals surface area contributed by atoms with Crippen LogP contribution >= 0.6 is 11.6 Å². The zero-order valence-corrected chi connectivity index (χ0v) is 14.3. The minimum atomic E-state index is -3.87. The minimum absolute atomic E-state index is 0.000934. The highest BCUT2D eigenvalue weighted by Gasteiger charge is 2.27. The summed E-state index contributed by atoms with van der Waals surface area (Å²) in [5.74, 6) is -0.699. The van der Waals surface area contributed by atoms with Crippen LogP contribution in [0.3, 0.4) is 0 Å². The van der Waals surface area contributed by atoms with E-state index in [0.717, 1.165) is 4.31 Å². The fourth-order valence-corrected chi connectivity index (χ4v) is 3.61. The summed E-state index contributed by atoms with van der Waals surface area (Å²) in [6.45, 7) is 0.0948. The Morgan fingerprint density at radius 2 is 1.74 bits per heavy atom. The van der Waals surface area contributed by atoms with Gasteiger partial charge in [0.05, 0.1) is 17.6 Å². The van der Waals surface area contributed by atoms with Crippen molar-refractivity contribution in [2.24, 2.45) is 0 Å². The predicted molar refractivity (Wildman–Crippen MR) is 87.9 cm³/mol. The van der Waals surface area contributed by atoms with Crippen LogP contribution in [0.4, 0.5) is 0 Å². The van der Waals surface area contributed by atoms with E-state index in [1.54, 1.807) is 36.4 Å². The van der Waals surface area contributed by atoms with Gasteiger partial charge in [-0.1, -0.05) is 41.9 Å². The van der Waals surface area contributed by atoms with Crippen molar-refractivity contribution in [2.45, 2.75) is 11.4 Å². The molecule has 2 aromatic carbocycles. The van der Waals surface area contributed by atoms with Crippen molar-refractivity contribution in [1.82, 2.24) is 4.31 Å². The molecule has 0 heterocycles. The quantitative estimate of drug-likeness (QED) is 0.775. The number of benzene rings is 2. The van der Waals surface area contributed by atoms with E-state index in [0.29, 0.717) is 10.6 Å². The molecule has 122 valence electrons. The molecule has 0 bridgehead atoms. The maximum atomic E-state index is 12.8. The van der Waals surface area contributed by atoms with E-state index in [-0.39, 0.29) is 17.0 Å². The molecule has 0 fully saturated rings. The van der Waals surface area contributed by atoms with Crippen LogP contribution in [-0.2, 0) is 21.3 Å². The van der Waals surface area contributed by atoms with Gasteiger partial charge in [-0.05, 0) is 23.8 Å². The van der Waals surface area contributed by atoms with Gasteiger partial charge in [0.15, 0.2) is 0 Å². The summed E-state index contributed by atoms with van der Waals surface area (Å²) < 4.78 is 31.3. The Morgan fingerprint density at radius 1 is 1.13 bits per heavy atom. The smallest absolute Gasteiger partial charge is 0.339 e. The van der Waals surface area contributed by atoms with Gasteiger partial charge in [-0.25, -0.2) is 13.2 Å². The predicted octanol–water partition coefficient (Wildman–Crippen LogP) is 2.95. The second-order valence-electron chi connectivity index (χ2n) is 4.84. The van der Waals surface area contributed by atoms with Crippen LogP contribution in [0.25, 0.3) is 0 Å². The molecule has 0 amide bonds. The van der Waals surface area contributed by atoms with Gasteiger partial charge in [0, 0.05) is 18.6 Å². The van der Waals surface area contributed by atoms with Crippen molar-refractivity contribution in [3.63, 3.8) is 0 Å². The Bertz CT molecular complexity index is 820.